The topological polar surface area (TPSA) is 66.3 Å². The minimum Gasteiger partial charge on any atom is -0.345 e. The van der Waals surface area contributed by atoms with E-state index in [1.807, 2.05) is 32.0 Å². The monoisotopic (exact) mass is 348 g/mol. The Morgan fingerprint density at radius 1 is 1.29 bits per heavy atom. The number of anilines is 1. The van der Waals surface area contributed by atoms with Gasteiger partial charge in [-0.1, -0.05) is 0 Å². The fourth-order valence-electron chi connectivity index (χ4n) is 2.72. The first-order chi connectivity index (χ1) is 11.4. The zero-order valence-electron chi connectivity index (χ0n) is 14.6. The van der Waals surface area contributed by atoms with Crippen LogP contribution in [0.25, 0.3) is 0 Å². The fraction of sp³-hybridized carbons (Fsp3) is 0.562. The Hall–Kier alpha value is -2.09. The molecule has 1 fully saturated rings. The third kappa shape index (κ3) is 3.53. The largest absolute Gasteiger partial charge is 0.345 e. The van der Waals surface area contributed by atoms with Crippen LogP contribution in [0.1, 0.15) is 29.1 Å². The first-order valence-corrected chi connectivity index (χ1v) is 8.98. The zero-order chi connectivity index (χ0) is 17.3. The number of aryl methyl sites for hydroxylation is 3. The SMILES string of the molecule is Cc1nc(N2CCN(C(=O)NC(C)c3cnn(C)c3)CC2)sc1C. The van der Waals surface area contributed by atoms with Gasteiger partial charge in [0.1, 0.15) is 0 Å². The standard InChI is InChI=1S/C16H24N6OS/c1-11-13(3)24-16(19-11)22-7-5-21(6-8-22)15(23)18-12(2)14-9-17-20(4)10-14/h9-10,12H,5-8H2,1-4H3,(H,18,23). The maximum absolute atomic E-state index is 12.4. The molecular formula is C16H24N6OS. The van der Waals surface area contributed by atoms with Gasteiger partial charge in [-0.2, -0.15) is 5.10 Å². The predicted octanol–water partition coefficient (Wildman–Crippen LogP) is 2.09. The van der Waals surface area contributed by atoms with Crippen LogP contribution < -0.4 is 10.2 Å². The van der Waals surface area contributed by atoms with E-state index in [1.165, 1.54) is 4.88 Å². The molecule has 3 heterocycles. The highest BCUT2D eigenvalue weighted by molar-refractivity contribution is 7.15. The summed E-state index contributed by atoms with van der Waals surface area (Å²) in [4.78, 5) is 22.5. The molecule has 0 aliphatic carbocycles. The molecule has 0 aromatic carbocycles. The van der Waals surface area contributed by atoms with Crippen molar-refractivity contribution in [3.8, 4) is 0 Å². The Bertz CT molecular complexity index is 696. The number of carbonyl (C=O) groups excluding carboxylic acids is 1. The quantitative estimate of drug-likeness (QED) is 0.922. The lowest BCUT2D eigenvalue weighted by Gasteiger charge is -2.35. The summed E-state index contributed by atoms with van der Waals surface area (Å²) < 4.78 is 1.74. The second-order valence-corrected chi connectivity index (χ2v) is 7.41. The molecule has 2 aromatic heterocycles. The number of thiazole rings is 1. The van der Waals surface area contributed by atoms with E-state index in [-0.39, 0.29) is 12.1 Å². The van der Waals surface area contributed by atoms with E-state index in [4.69, 9.17) is 0 Å². The average molecular weight is 348 g/mol. The summed E-state index contributed by atoms with van der Waals surface area (Å²) in [5, 5.41) is 8.26. The van der Waals surface area contributed by atoms with E-state index in [2.05, 4.69) is 27.2 Å². The summed E-state index contributed by atoms with van der Waals surface area (Å²) in [6.45, 7) is 9.18. The van der Waals surface area contributed by atoms with Gasteiger partial charge in [0.25, 0.3) is 0 Å². The Labute approximate surface area is 146 Å². The van der Waals surface area contributed by atoms with E-state index in [1.54, 1.807) is 22.2 Å². The van der Waals surface area contributed by atoms with Crippen LogP contribution in [0.2, 0.25) is 0 Å². The number of hydrogen-bond donors (Lipinski definition) is 1. The summed E-state index contributed by atoms with van der Waals surface area (Å²) in [5.74, 6) is 0. The van der Waals surface area contributed by atoms with Gasteiger partial charge >= 0.3 is 6.03 Å². The van der Waals surface area contributed by atoms with Crippen LogP contribution in [0.5, 0.6) is 0 Å². The number of urea groups is 1. The minimum absolute atomic E-state index is 0.0162. The number of nitrogens with one attached hydrogen (secondary N) is 1. The highest BCUT2D eigenvalue weighted by atomic mass is 32.1. The molecule has 0 spiro atoms. The molecule has 3 rings (SSSR count). The molecule has 7 nitrogen and oxygen atoms in total. The van der Waals surface area contributed by atoms with E-state index in [0.717, 1.165) is 29.5 Å². The molecular weight excluding hydrogens is 324 g/mol. The predicted molar refractivity (Wildman–Crippen MR) is 95.5 cm³/mol. The third-order valence-corrected chi connectivity index (χ3v) is 5.55. The van der Waals surface area contributed by atoms with Crippen LogP contribution in [-0.4, -0.2) is 51.9 Å². The van der Waals surface area contributed by atoms with Crippen LogP contribution in [-0.2, 0) is 7.05 Å². The number of aromatic nitrogens is 3. The van der Waals surface area contributed by atoms with Crippen molar-refractivity contribution in [1.82, 2.24) is 25.0 Å². The lowest BCUT2D eigenvalue weighted by molar-refractivity contribution is 0.191. The summed E-state index contributed by atoms with van der Waals surface area (Å²) >= 11 is 1.73. The Balaban J connectivity index is 1.53. The van der Waals surface area contributed by atoms with Gasteiger partial charge in [-0.25, -0.2) is 9.78 Å². The van der Waals surface area contributed by atoms with Crippen LogP contribution in [0, 0.1) is 13.8 Å². The third-order valence-electron chi connectivity index (χ3n) is 4.42. The summed E-state index contributed by atoms with van der Waals surface area (Å²) in [6.07, 6.45) is 3.71. The van der Waals surface area contributed by atoms with Crippen LogP contribution in [0.15, 0.2) is 12.4 Å². The van der Waals surface area contributed by atoms with Crippen molar-refractivity contribution in [3.05, 3.63) is 28.5 Å². The van der Waals surface area contributed by atoms with Gasteiger partial charge in [0.05, 0.1) is 17.9 Å². The van der Waals surface area contributed by atoms with Crippen LogP contribution in [0.4, 0.5) is 9.93 Å². The van der Waals surface area contributed by atoms with Gasteiger partial charge in [0, 0.05) is 49.9 Å². The number of rotatable bonds is 3. The lowest BCUT2D eigenvalue weighted by atomic mass is 10.2. The average Bonchev–Trinajstić information content (AvgIpc) is 3.14. The van der Waals surface area contributed by atoms with Crippen molar-refractivity contribution < 1.29 is 4.79 Å². The molecule has 1 unspecified atom stereocenters. The van der Waals surface area contributed by atoms with E-state index < -0.39 is 0 Å². The molecule has 0 radical (unpaired) electrons. The molecule has 1 N–H and O–H groups in total. The van der Waals surface area contributed by atoms with E-state index in [0.29, 0.717) is 13.1 Å². The molecule has 1 aliphatic rings. The van der Waals surface area contributed by atoms with Gasteiger partial charge in [-0.3, -0.25) is 4.68 Å². The number of amides is 2. The van der Waals surface area contributed by atoms with Gasteiger partial charge < -0.3 is 15.1 Å². The van der Waals surface area contributed by atoms with Gasteiger partial charge in [-0.15, -0.1) is 11.3 Å². The van der Waals surface area contributed by atoms with Crippen molar-refractivity contribution in [2.24, 2.45) is 7.05 Å². The van der Waals surface area contributed by atoms with E-state index >= 15 is 0 Å². The Morgan fingerprint density at radius 2 is 2.00 bits per heavy atom. The van der Waals surface area contributed by atoms with Crippen molar-refractivity contribution in [2.75, 3.05) is 31.1 Å². The van der Waals surface area contributed by atoms with Gasteiger partial charge in [0.15, 0.2) is 5.13 Å². The maximum Gasteiger partial charge on any atom is 0.317 e. The smallest absolute Gasteiger partial charge is 0.317 e. The normalized spacial score (nSPS) is 16.3. The second-order valence-electron chi connectivity index (χ2n) is 6.23. The number of nitrogens with zero attached hydrogens (tertiary/aromatic N) is 5. The van der Waals surface area contributed by atoms with Crippen LogP contribution >= 0.6 is 11.3 Å². The molecule has 1 saturated heterocycles. The fourth-order valence-corrected chi connectivity index (χ4v) is 3.68. The molecule has 8 heteroatoms. The van der Waals surface area contributed by atoms with Crippen molar-refractivity contribution >= 4 is 22.5 Å². The van der Waals surface area contributed by atoms with Crippen molar-refractivity contribution in [2.45, 2.75) is 26.8 Å². The van der Waals surface area contributed by atoms with Crippen molar-refractivity contribution in [1.29, 1.82) is 0 Å². The molecule has 24 heavy (non-hydrogen) atoms. The molecule has 1 atom stereocenters. The summed E-state index contributed by atoms with van der Waals surface area (Å²) in [5.41, 5.74) is 2.11. The molecule has 2 amide bonds. The zero-order valence-corrected chi connectivity index (χ0v) is 15.4. The second kappa shape index (κ2) is 6.80. The molecule has 1 aliphatic heterocycles. The first-order valence-electron chi connectivity index (χ1n) is 8.17. The first kappa shape index (κ1) is 16.8. The van der Waals surface area contributed by atoms with E-state index in [9.17, 15) is 4.79 Å². The summed E-state index contributed by atoms with van der Waals surface area (Å²) in [6, 6.07) is -0.0639. The lowest BCUT2D eigenvalue weighted by Crippen LogP contribution is -2.52. The Kier molecular flexibility index (Phi) is 4.75. The molecule has 2 aromatic rings. The highest BCUT2D eigenvalue weighted by Gasteiger charge is 2.24. The molecule has 0 bridgehead atoms. The number of carbonyl (C=O) groups is 1. The summed E-state index contributed by atoms with van der Waals surface area (Å²) in [7, 11) is 1.87. The highest BCUT2D eigenvalue weighted by Crippen LogP contribution is 2.26. The Morgan fingerprint density at radius 3 is 2.54 bits per heavy atom. The van der Waals surface area contributed by atoms with Crippen LogP contribution in [0.3, 0.4) is 0 Å². The van der Waals surface area contributed by atoms with Gasteiger partial charge in [0.2, 0.25) is 0 Å². The van der Waals surface area contributed by atoms with Crippen molar-refractivity contribution in [3.63, 3.8) is 0 Å². The molecule has 130 valence electrons. The maximum atomic E-state index is 12.4. The minimum atomic E-state index is -0.0477. The number of piperazine rings is 1. The molecule has 0 saturated carbocycles. The number of hydrogen-bond acceptors (Lipinski definition) is 5. The van der Waals surface area contributed by atoms with Gasteiger partial charge in [-0.05, 0) is 20.8 Å².